The van der Waals surface area contributed by atoms with Crippen molar-refractivity contribution in [1.82, 2.24) is 19.8 Å². The van der Waals surface area contributed by atoms with Gasteiger partial charge in [0.1, 0.15) is 11.6 Å². The largest absolute Gasteiger partial charge is 0.372 e. The van der Waals surface area contributed by atoms with Crippen molar-refractivity contribution in [3.63, 3.8) is 0 Å². The van der Waals surface area contributed by atoms with E-state index in [0.29, 0.717) is 28.8 Å². The molecule has 1 aliphatic rings. The van der Waals surface area contributed by atoms with Crippen molar-refractivity contribution in [2.75, 3.05) is 20.2 Å². The predicted octanol–water partition coefficient (Wildman–Crippen LogP) is 2.11. The first-order valence-corrected chi connectivity index (χ1v) is 8.83. The lowest BCUT2D eigenvalue weighted by atomic mass is 10.2. The number of rotatable bonds is 3. The Kier molecular flexibility index (Phi) is 5.28. The monoisotopic (exact) mass is 419 g/mol. The molecule has 1 fully saturated rings. The quantitative estimate of drug-likeness (QED) is 0.759. The summed E-state index contributed by atoms with van der Waals surface area (Å²) in [6, 6.07) is 3.57. The molecule has 1 atom stereocenters. The number of amides is 2. The number of guanidine groups is 1. The number of hydrogen-bond donors (Lipinski definition) is 0. The third-order valence-electron chi connectivity index (χ3n) is 4.16. The van der Waals surface area contributed by atoms with Crippen molar-refractivity contribution in [2.45, 2.75) is 20.0 Å². The Morgan fingerprint density at radius 2 is 1.92 bits per heavy atom. The number of aliphatic imine (C=N–C) groups is 1. The van der Waals surface area contributed by atoms with Crippen LogP contribution in [0.2, 0.25) is 0 Å². The molecule has 0 N–H and O–H groups in total. The first-order chi connectivity index (χ1) is 12.4. The van der Waals surface area contributed by atoms with Gasteiger partial charge >= 0.3 is 0 Å². The summed E-state index contributed by atoms with van der Waals surface area (Å²) in [4.78, 5) is 40.7. The summed E-state index contributed by atoms with van der Waals surface area (Å²) in [6.07, 6.45) is 2.58. The van der Waals surface area contributed by atoms with Crippen LogP contribution in [0.3, 0.4) is 0 Å². The maximum absolute atomic E-state index is 12.6. The minimum absolute atomic E-state index is 0.180. The van der Waals surface area contributed by atoms with Gasteiger partial charge in [-0.2, -0.15) is 0 Å². The van der Waals surface area contributed by atoms with E-state index in [0.717, 1.165) is 5.52 Å². The van der Waals surface area contributed by atoms with E-state index in [1.54, 1.807) is 31.5 Å². The molecule has 1 unspecified atom stereocenters. The zero-order chi connectivity index (χ0) is 18.8. The smallest absolute Gasteiger partial charge is 0.258 e. The molecule has 0 aliphatic carbocycles. The number of carbonyl (C=O) groups excluding carboxylic acids is 2. The fourth-order valence-corrected chi connectivity index (χ4v) is 3.21. The van der Waals surface area contributed by atoms with Gasteiger partial charge in [-0.05, 0) is 35.0 Å². The van der Waals surface area contributed by atoms with Gasteiger partial charge in [-0.3, -0.25) is 29.4 Å². The molecule has 8 nitrogen and oxygen atoms in total. The van der Waals surface area contributed by atoms with Gasteiger partial charge in [-0.15, -0.1) is 0 Å². The number of methoxy groups -OCH3 is 1. The topological polar surface area (TPSA) is 88.0 Å². The number of benzene rings is 1. The fourth-order valence-electron chi connectivity index (χ4n) is 2.68. The summed E-state index contributed by atoms with van der Waals surface area (Å²) in [5.41, 5.74) is 1.94. The van der Waals surface area contributed by atoms with Crippen LogP contribution in [0, 0.1) is 0 Å². The zero-order valence-electron chi connectivity index (χ0n) is 14.6. The van der Waals surface area contributed by atoms with Crippen LogP contribution in [0.4, 0.5) is 5.69 Å². The number of carbonyl (C=O) groups is 2. The average molecular weight is 420 g/mol. The van der Waals surface area contributed by atoms with Crippen LogP contribution in [0.15, 0.2) is 34.0 Å². The number of ether oxygens (including phenoxy) is 1. The molecule has 1 aliphatic heterocycles. The molecule has 0 bridgehead atoms. The Hall–Kier alpha value is -2.39. The van der Waals surface area contributed by atoms with Crippen LogP contribution in [-0.4, -0.2) is 63.8 Å². The van der Waals surface area contributed by atoms with Gasteiger partial charge in [0.25, 0.3) is 5.91 Å². The van der Waals surface area contributed by atoms with E-state index in [1.165, 1.54) is 23.8 Å². The lowest BCUT2D eigenvalue weighted by Crippen LogP contribution is -2.43. The fraction of sp³-hybridized carbons (Fsp3) is 0.353. The number of nitrogens with zero attached hydrogens (tertiary/aromatic N) is 5. The van der Waals surface area contributed by atoms with E-state index < -0.39 is 6.10 Å². The lowest BCUT2D eigenvalue weighted by Gasteiger charge is -2.22. The van der Waals surface area contributed by atoms with E-state index in [4.69, 9.17) is 4.74 Å². The highest BCUT2D eigenvalue weighted by molar-refractivity contribution is 9.10. The third kappa shape index (κ3) is 3.32. The molecule has 2 heterocycles. The number of halogens is 1. The Bertz CT molecular complexity index is 901. The summed E-state index contributed by atoms with van der Waals surface area (Å²) < 4.78 is 5.77. The minimum atomic E-state index is -0.627. The highest BCUT2D eigenvalue weighted by atomic mass is 79.9. The molecule has 26 heavy (non-hydrogen) atoms. The maximum atomic E-state index is 12.6. The van der Waals surface area contributed by atoms with Crippen molar-refractivity contribution < 1.29 is 14.3 Å². The first kappa shape index (κ1) is 18.4. The average Bonchev–Trinajstić information content (AvgIpc) is 3.06. The van der Waals surface area contributed by atoms with Crippen molar-refractivity contribution in [3.8, 4) is 0 Å². The van der Waals surface area contributed by atoms with Crippen LogP contribution in [0.25, 0.3) is 11.0 Å². The molecule has 3 rings (SSSR count). The summed E-state index contributed by atoms with van der Waals surface area (Å²) in [6.45, 7) is 3.87. The van der Waals surface area contributed by atoms with Gasteiger partial charge < -0.3 is 4.74 Å². The van der Waals surface area contributed by atoms with Crippen LogP contribution in [0.1, 0.15) is 13.8 Å². The van der Waals surface area contributed by atoms with E-state index in [2.05, 4.69) is 30.9 Å². The molecule has 0 spiro atoms. The molecule has 9 heteroatoms. The molecule has 136 valence electrons. The third-order valence-corrected chi connectivity index (χ3v) is 4.94. The molecular weight excluding hydrogens is 402 g/mol. The molecular formula is C17H18BrN5O3. The van der Waals surface area contributed by atoms with Gasteiger partial charge in [0.15, 0.2) is 0 Å². The van der Waals surface area contributed by atoms with Crippen LogP contribution >= 0.6 is 15.9 Å². The number of hydrogen-bond acceptors (Lipinski definition) is 6. The van der Waals surface area contributed by atoms with E-state index in [9.17, 15) is 9.59 Å². The van der Waals surface area contributed by atoms with Crippen LogP contribution < -0.4 is 0 Å². The lowest BCUT2D eigenvalue weighted by molar-refractivity contribution is -0.136. The van der Waals surface area contributed by atoms with E-state index in [1.807, 2.05) is 0 Å². The van der Waals surface area contributed by atoms with E-state index in [-0.39, 0.29) is 17.8 Å². The Labute approximate surface area is 159 Å². The second kappa shape index (κ2) is 7.46. The summed E-state index contributed by atoms with van der Waals surface area (Å²) in [7, 11) is 1.47. The normalized spacial score (nSPS) is 17.2. The Morgan fingerprint density at radius 1 is 1.23 bits per heavy atom. The van der Waals surface area contributed by atoms with Crippen molar-refractivity contribution in [3.05, 3.63) is 29.0 Å². The molecule has 1 aromatic carbocycles. The molecule has 2 aromatic rings. The molecule has 2 amide bonds. The van der Waals surface area contributed by atoms with Crippen molar-refractivity contribution >= 4 is 50.4 Å². The zero-order valence-corrected chi connectivity index (χ0v) is 16.2. The second-order valence-electron chi connectivity index (χ2n) is 5.77. The summed E-state index contributed by atoms with van der Waals surface area (Å²) in [5.74, 6) is -0.136. The van der Waals surface area contributed by atoms with E-state index >= 15 is 0 Å². The number of aromatic nitrogens is 2. The van der Waals surface area contributed by atoms with Crippen molar-refractivity contribution in [1.29, 1.82) is 0 Å². The molecule has 1 aromatic heterocycles. The second-order valence-corrected chi connectivity index (χ2v) is 6.57. The van der Waals surface area contributed by atoms with Gasteiger partial charge in [0, 0.05) is 39.5 Å². The molecule has 0 saturated carbocycles. The Morgan fingerprint density at radius 3 is 2.62 bits per heavy atom. The van der Waals surface area contributed by atoms with Gasteiger partial charge in [0.2, 0.25) is 11.9 Å². The van der Waals surface area contributed by atoms with Gasteiger partial charge in [-0.1, -0.05) is 0 Å². The Balaban J connectivity index is 2.08. The van der Waals surface area contributed by atoms with Crippen LogP contribution in [0.5, 0.6) is 0 Å². The molecule has 0 radical (unpaired) electrons. The number of fused-ring (bicyclic) bond motifs is 1. The van der Waals surface area contributed by atoms with Crippen LogP contribution in [-0.2, 0) is 14.3 Å². The highest BCUT2D eigenvalue weighted by Crippen LogP contribution is 2.32. The summed E-state index contributed by atoms with van der Waals surface area (Å²) in [5, 5.41) is 0. The SMILES string of the molecule is COC(C)C(=O)N1CCN(C(C)=O)C1=Nc1ccc2nccnc2c1Br. The standard InChI is InChI=1S/C17H18BrN5O3/c1-10(26-3)16(25)23-9-8-22(11(2)24)17(23)21-12-4-5-13-15(14(12)18)20-7-6-19-13/h4-7,10H,8-9H2,1-3H3. The van der Waals surface area contributed by atoms with Crippen molar-refractivity contribution in [2.24, 2.45) is 4.99 Å². The van der Waals surface area contributed by atoms with Gasteiger partial charge in [0.05, 0.1) is 15.7 Å². The molecule has 1 saturated heterocycles. The minimum Gasteiger partial charge on any atom is -0.372 e. The predicted molar refractivity (Wildman–Crippen MR) is 99.9 cm³/mol. The van der Waals surface area contributed by atoms with Gasteiger partial charge in [-0.25, -0.2) is 4.99 Å². The maximum Gasteiger partial charge on any atom is 0.258 e. The first-order valence-electron chi connectivity index (χ1n) is 8.04. The highest BCUT2D eigenvalue weighted by Gasteiger charge is 2.35. The summed E-state index contributed by atoms with van der Waals surface area (Å²) >= 11 is 3.50.